The molecule has 0 bridgehead atoms. The van der Waals surface area contributed by atoms with Crippen LogP contribution in [0.1, 0.15) is 0 Å². The van der Waals surface area contributed by atoms with Gasteiger partial charge in [-0.25, -0.2) is 0 Å². The minimum Gasteiger partial charge on any atom is -0.456 e. The van der Waals surface area contributed by atoms with E-state index in [0.29, 0.717) is 0 Å². The molecule has 0 N–H and O–H groups in total. The first kappa shape index (κ1) is 28.3. The summed E-state index contributed by atoms with van der Waals surface area (Å²) in [5, 5.41) is 6.69. The summed E-state index contributed by atoms with van der Waals surface area (Å²) in [6.45, 7) is 0. The molecule has 10 rings (SSSR count). The van der Waals surface area contributed by atoms with Crippen LogP contribution in [0.4, 0.5) is 34.1 Å². The van der Waals surface area contributed by atoms with Crippen LogP contribution in [-0.4, -0.2) is 0 Å². The Balaban J connectivity index is 1.23. The number of anilines is 6. The minimum absolute atomic E-state index is 0.874. The first-order valence-electron chi connectivity index (χ1n) is 16.8. The van der Waals surface area contributed by atoms with Gasteiger partial charge in [0, 0.05) is 55.4 Å². The van der Waals surface area contributed by atoms with Gasteiger partial charge in [-0.3, -0.25) is 0 Å². The quantitative estimate of drug-likeness (QED) is 0.181. The van der Waals surface area contributed by atoms with Gasteiger partial charge in [0.1, 0.15) is 22.3 Å². The summed E-state index contributed by atoms with van der Waals surface area (Å²) in [5.41, 5.74) is 9.89. The molecule has 2 aromatic heterocycles. The van der Waals surface area contributed by atoms with E-state index in [2.05, 4.69) is 168 Å². The van der Waals surface area contributed by atoms with Gasteiger partial charge in [-0.2, -0.15) is 0 Å². The topological polar surface area (TPSA) is 32.8 Å². The van der Waals surface area contributed by atoms with Gasteiger partial charge >= 0.3 is 0 Å². The van der Waals surface area contributed by atoms with Gasteiger partial charge in [-0.1, -0.05) is 97.1 Å². The molecule has 0 saturated carbocycles. The van der Waals surface area contributed by atoms with E-state index in [9.17, 15) is 0 Å². The van der Waals surface area contributed by atoms with E-state index < -0.39 is 0 Å². The molecule has 0 atom stereocenters. The largest absolute Gasteiger partial charge is 0.456 e. The van der Waals surface area contributed by atoms with E-state index >= 15 is 0 Å². The highest BCUT2D eigenvalue weighted by Gasteiger charge is 2.22. The van der Waals surface area contributed by atoms with Crippen LogP contribution in [0.25, 0.3) is 54.6 Å². The van der Waals surface area contributed by atoms with Crippen LogP contribution >= 0.6 is 0 Å². The van der Waals surface area contributed by atoms with Crippen LogP contribution in [0.15, 0.2) is 191 Å². The molecule has 0 radical (unpaired) electrons. The number of hydrogen-bond donors (Lipinski definition) is 0. The Morgan fingerprint density at radius 1 is 0.280 bits per heavy atom. The van der Waals surface area contributed by atoms with Crippen molar-refractivity contribution < 1.29 is 8.83 Å². The Kier molecular flexibility index (Phi) is 6.46. The summed E-state index contributed by atoms with van der Waals surface area (Å²) in [6.07, 6.45) is 0. The summed E-state index contributed by atoms with van der Waals surface area (Å²) < 4.78 is 12.5. The second kappa shape index (κ2) is 11.4. The molecule has 0 aliphatic heterocycles. The molecule has 0 spiro atoms. The van der Waals surface area contributed by atoms with Crippen LogP contribution in [0.2, 0.25) is 0 Å². The number of para-hydroxylation sites is 4. The predicted octanol–water partition coefficient (Wildman–Crippen LogP) is 13.6. The molecule has 10 aromatic rings. The average Bonchev–Trinajstić information content (AvgIpc) is 3.74. The second-order valence-corrected chi connectivity index (χ2v) is 12.6. The Labute approximate surface area is 288 Å². The van der Waals surface area contributed by atoms with E-state index in [4.69, 9.17) is 8.83 Å². The van der Waals surface area contributed by atoms with Crippen LogP contribution in [0, 0.1) is 0 Å². The van der Waals surface area contributed by atoms with E-state index in [0.717, 1.165) is 88.8 Å². The molecular weight excluding hydrogens is 613 g/mol. The maximum absolute atomic E-state index is 6.24. The maximum atomic E-state index is 6.24. The number of rotatable bonds is 6. The lowest BCUT2D eigenvalue weighted by Crippen LogP contribution is -2.13. The molecule has 0 aliphatic carbocycles. The fraction of sp³-hybridized carbons (Fsp3) is 0. The zero-order chi connectivity index (χ0) is 33.0. The van der Waals surface area contributed by atoms with E-state index in [1.165, 1.54) is 0 Å². The number of hydrogen-bond acceptors (Lipinski definition) is 4. The van der Waals surface area contributed by atoms with Crippen molar-refractivity contribution in [2.45, 2.75) is 0 Å². The lowest BCUT2D eigenvalue weighted by Gasteiger charge is -2.30. The number of furan rings is 2. The van der Waals surface area contributed by atoms with Crippen molar-refractivity contribution >= 4 is 88.8 Å². The molecule has 0 saturated heterocycles. The van der Waals surface area contributed by atoms with Crippen molar-refractivity contribution in [1.82, 2.24) is 0 Å². The highest BCUT2D eigenvalue weighted by Crippen LogP contribution is 2.46. The fourth-order valence-corrected chi connectivity index (χ4v) is 7.32. The Morgan fingerprint density at radius 3 is 1.34 bits per heavy atom. The maximum Gasteiger partial charge on any atom is 0.135 e. The summed E-state index contributed by atoms with van der Waals surface area (Å²) in [4.78, 5) is 4.70. The van der Waals surface area contributed by atoms with Crippen molar-refractivity contribution in [3.8, 4) is 0 Å². The van der Waals surface area contributed by atoms with Crippen LogP contribution in [-0.2, 0) is 0 Å². The Hall–Kier alpha value is -6.78. The third kappa shape index (κ3) is 4.61. The molecule has 4 nitrogen and oxygen atoms in total. The van der Waals surface area contributed by atoms with Crippen molar-refractivity contribution in [3.63, 3.8) is 0 Å². The monoisotopic (exact) mass is 642 g/mol. The number of fused-ring (bicyclic) bond motifs is 7. The molecule has 8 aromatic carbocycles. The summed E-state index contributed by atoms with van der Waals surface area (Å²) in [5.74, 6) is 0. The molecule has 0 amide bonds. The van der Waals surface area contributed by atoms with Gasteiger partial charge in [-0.05, 0) is 90.3 Å². The summed E-state index contributed by atoms with van der Waals surface area (Å²) in [6, 6.07) is 63.9. The first-order valence-corrected chi connectivity index (χ1v) is 16.8. The smallest absolute Gasteiger partial charge is 0.135 e. The van der Waals surface area contributed by atoms with Gasteiger partial charge in [-0.15, -0.1) is 0 Å². The molecule has 0 unspecified atom stereocenters. The molecule has 0 aliphatic rings. The molecule has 0 fully saturated rings. The van der Waals surface area contributed by atoms with Gasteiger partial charge in [0.25, 0.3) is 0 Å². The van der Waals surface area contributed by atoms with Gasteiger partial charge in [0.15, 0.2) is 0 Å². The molecule has 236 valence electrons. The van der Waals surface area contributed by atoms with Crippen LogP contribution in [0.3, 0.4) is 0 Å². The van der Waals surface area contributed by atoms with Gasteiger partial charge in [0.2, 0.25) is 0 Å². The van der Waals surface area contributed by atoms with Crippen LogP contribution in [0.5, 0.6) is 0 Å². The lowest BCUT2D eigenvalue weighted by atomic mass is 10.0. The van der Waals surface area contributed by atoms with Crippen LogP contribution < -0.4 is 9.80 Å². The zero-order valence-corrected chi connectivity index (χ0v) is 27.0. The highest BCUT2D eigenvalue weighted by molar-refractivity contribution is 6.09. The standard InChI is InChI=1S/C46H30N2O2/c1-3-14-32(15-4-1)47(34-23-25-45-40(28-34)38-19-9-11-21-43(38)49-45)36-27-31-13-7-8-18-37(31)42(30-36)48(33-16-5-2-6-17-33)35-24-26-46-41(29-35)39-20-10-12-22-44(39)50-46/h1-30H. The lowest BCUT2D eigenvalue weighted by molar-refractivity contribution is 0.668. The molecular formula is C46H30N2O2. The Morgan fingerprint density at radius 2 is 0.740 bits per heavy atom. The Bertz CT molecular complexity index is 2840. The summed E-state index contributed by atoms with van der Waals surface area (Å²) >= 11 is 0. The molecule has 50 heavy (non-hydrogen) atoms. The normalized spacial score (nSPS) is 11.6. The van der Waals surface area contributed by atoms with Gasteiger partial charge < -0.3 is 18.6 Å². The SMILES string of the molecule is c1ccc(N(c2cc(N(c3ccccc3)c3ccc4oc5ccccc5c4c3)c3ccccc3c2)c2ccc3oc4ccccc4c3c2)cc1. The van der Waals surface area contributed by atoms with E-state index in [1.807, 2.05) is 24.3 Å². The third-order valence-corrected chi connectivity index (χ3v) is 9.59. The third-order valence-electron chi connectivity index (χ3n) is 9.59. The predicted molar refractivity (Wildman–Crippen MR) is 208 cm³/mol. The van der Waals surface area contributed by atoms with Crippen molar-refractivity contribution in [2.75, 3.05) is 9.80 Å². The van der Waals surface area contributed by atoms with Crippen molar-refractivity contribution in [1.29, 1.82) is 0 Å². The minimum atomic E-state index is 0.874. The fourth-order valence-electron chi connectivity index (χ4n) is 7.32. The molecule has 2 heterocycles. The van der Waals surface area contributed by atoms with Gasteiger partial charge in [0.05, 0.1) is 5.69 Å². The van der Waals surface area contributed by atoms with E-state index in [1.54, 1.807) is 0 Å². The van der Waals surface area contributed by atoms with E-state index in [-0.39, 0.29) is 0 Å². The second-order valence-electron chi connectivity index (χ2n) is 12.6. The number of benzene rings is 8. The average molecular weight is 643 g/mol. The summed E-state index contributed by atoms with van der Waals surface area (Å²) in [7, 11) is 0. The first-order chi connectivity index (χ1) is 24.8. The van der Waals surface area contributed by atoms with Crippen molar-refractivity contribution in [2.24, 2.45) is 0 Å². The number of nitrogens with zero attached hydrogens (tertiary/aromatic N) is 2. The zero-order valence-electron chi connectivity index (χ0n) is 27.0. The molecule has 4 heteroatoms. The highest BCUT2D eigenvalue weighted by atomic mass is 16.3. The van der Waals surface area contributed by atoms with Crippen molar-refractivity contribution in [3.05, 3.63) is 182 Å².